The van der Waals surface area contributed by atoms with Gasteiger partial charge in [-0.15, -0.1) is 0 Å². The topological polar surface area (TPSA) is 38.1 Å². The van der Waals surface area contributed by atoms with Gasteiger partial charge in [-0.25, -0.2) is 4.98 Å². The van der Waals surface area contributed by atoms with Gasteiger partial charge in [0, 0.05) is 6.04 Å². The Bertz CT molecular complexity index is 486. The van der Waals surface area contributed by atoms with Gasteiger partial charge in [-0.3, -0.25) is 0 Å². The van der Waals surface area contributed by atoms with Gasteiger partial charge in [-0.2, -0.15) is 0 Å². The Morgan fingerprint density at radius 2 is 2.13 bits per heavy atom. The number of fused-ring (bicyclic) bond motifs is 1. The van der Waals surface area contributed by atoms with E-state index in [0.29, 0.717) is 6.04 Å². The van der Waals surface area contributed by atoms with E-state index >= 15 is 0 Å². The highest BCUT2D eigenvalue weighted by atomic mass is 16.3. The van der Waals surface area contributed by atoms with E-state index < -0.39 is 0 Å². The summed E-state index contributed by atoms with van der Waals surface area (Å²) in [6.07, 6.45) is 0. The summed E-state index contributed by atoms with van der Waals surface area (Å²) in [5, 5.41) is 9.25. The molecule has 3 heteroatoms. The lowest BCUT2D eigenvalue weighted by Gasteiger charge is -2.11. The van der Waals surface area contributed by atoms with Gasteiger partial charge < -0.3 is 9.67 Å². The smallest absolute Gasteiger partial charge is 0.135 e. The molecule has 1 aromatic carbocycles. The fourth-order valence-corrected chi connectivity index (χ4v) is 1.95. The minimum absolute atomic E-state index is 0.00803. The molecule has 0 saturated carbocycles. The molecular weight excluding hydrogens is 188 g/mol. The zero-order valence-corrected chi connectivity index (χ0v) is 9.36. The number of aliphatic hydroxyl groups excluding tert-OH is 1. The number of nitrogens with zero attached hydrogens (tertiary/aromatic N) is 2. The molecule has 0 saturated heterocycles. The van der Waals surface area contributed by atoms with Gasteiger partial charge in [0.15, 0.2) is 0 Å². The fraction of sp³-hybridized carbons (Fsp3) is 0.417. The van der Waals surface area contributed by atoms with E-state index in [9.17, 15) is 5.11 Å². The Morgan fingerprint density at radius 1 is 1.40 bits per heavy atom. The van der Waals surface area contributed by atoms with Gasteiger partial charge in [0.05, 0.1) is 11.0 Å². The van der Waals surface area contributed by atoms with Crippen LogP contribution in [0.3, 0.4) is 0 Å². The first kappa shape index (κ1) is 10.2. The van der Waals surface area contributed by atoms with E-state index in [4.69, 9.17) is 0 Å². The predicted octanol–water partition coefficient (Wildman–Crippen LogP) is 2.42. The molecule has 0 aliphatic rings. The zero-order chi connectivity index (χ0) is 11.0. The molecule has 2 rings (SSSR count). The second kappa shape index (κ2) is 3.66. The molecule has 0 unspecified atom stereocenters. The van der Waals surface area contributed by atoms with Crippen molar-refractivity contribution in [3.63, 3.8) is 0 Å². The molecule has 3 nitrogen and oxygen atoms in total. The molecule has 0 aliphatic heterocycles. The van der Waals surface area contributed by atoms with Crippen LogP contribution >= 0.6 is 0 Å². The van der Waals surface area contributed by atoms with E-state index in [1.165, 1.54) is 5.56 Å². The third-order valence-electron chi connectivity index (χ3n) is 2.58. The van der Waals surface area contributed by atoms with Crippen molar-refractivity contribution in [1.29, 1.82) is 0 Å². The van der Waals surface area contributed by atoms with Gasteiger partial charge in [0.2, 0.25) is 0 Å². The molecule has 0 aliphatic carbocycles. The largest absolute Gasteiger partial charge is 0.388 e. The summed E-state index contributed by atoms with van der Waals surface area (Å²) in [6.45, 7) is 6.23. The van der Waals surface area contributed by atoms with Gasteiger partial charge in [0.1, 0.15) is 12.4 Å². The Hall–Kier alpha value is -1.35. The van der Waals surface area contributed by atoms with E-state index in [-0.39, 0.29) is 6.61 Å². The van der Waals surface area contributed by atoms with Crippen LogP contribution in [0.15, 0.2) is 18.2 Å². The van der Waals surface area contributed by atoms with E-state index in [1.807, 2.05) is 13.0 Å². The van der Waals surface area contributed by atoms with E-state index in [1.54, 1.807) is 0 Å². The highest BCUT2D eigenvalue weighted by molar-refractivity contribution is 5.77. The van der Waals surface area contributed by atoms with Crippen LogP contribution in [0.1, 0.15) is 31.3 Å². The lowest BCUT2D eigenvalue weighted by Crippen LogP contribution is -2.05. The Balaban J connectivity index is 2.74. The second-order valence-electron chi connectivity index (χ2n) is 4.14. The number of imidazole rings is 1. The third kappa shape index (κ3) is 1.63. The van der Waals surface area contributed by atoms with Crippen molar-refractivity contribution in [2.75, 3.05) is 0 Å². The van der Waals surface area contributed by atoms with E-state index in [2.05, 4.69) is 35.5 Å². The van der Waals surface area contributed by atoms with Crippen molar-refractivity contribution in [2.45, 2.75) is 33.4 Å². The molecule has 80 valence electrons. The third-order valence-corrected chi connectivity index (χ3v) is 2.58. The lowest BCUT2D eigenvalue weighted by molar-refractivity contribution is 0.263. The number of hydrogen-bond acceptors (Lipinski definition) is 2. The lowest BCUT2D eigenvalue weighted by atomic mass is 10.2. The SMILES string of the molecule is Cc1ccc2c(c1)nc(CO)n2C(C)C. The van der Waals surface area contributed by atoms with E-state index in [0.717, 1.165) is 16.9 Å². The quantitative estimate of drug-likeness (QED) is 0.815. The van der Waals surface area contributed by atoms with Crippen LogP contribution in [-0.4, -0.2) is 14.7 Å². The average molecular weight is 204 g/mol. The Morgan fingerprint density at radius 3 is 2.73 bits per heavy atom. The van der Waals surface area contributed by atoms with Crippen molar-refractivity contribution < 1.29 is 5.11 Å². The molecule has 1 heterocycles. The summed E-state index contributed by atoms with van der Waals surface area (Å²) in [7, 11) is 0. The maximum absolute atomic E-state index is 9.25. The maximum Gasteiger partial charge on any atom is 0.135 e. The van der Waals surface area contributed by atoms with Crippen LogP contribution in [0.4, 0.5) is 0 Å². The Kier molecular flexibility index (Phi) is 2.49. The summed E-state index contributed by atoms with van der Waals surface area (Å²) in [4.78, 5) is 4.43. The molecule has 0 spiro atoms. The summed E-state index contributed by atoms with van der Waals surface area (Å²) < 4.78 is 2.08. The van der Waals surface area contributed by atoms with Crippen LogP contribution in [0.25, 0.3) is 11.0 Å². The van der Waals surface area contributed by atoms with Crippen LogP contribution in [0.5, 0.6) is 0 Å². The number of aryl methyl sites for hydroxylation is 1. The van der Waals surface area contributed by atoms with Crippen molar-refractivity contribution in [3.8, 4) is 0 Å². The monoisotopic (exact) mass is 204 g/mol. The van der Waals surface area contributed by atoms with Crippen molar-refractivity contribution >= 4 is 11.0 Å². The predicted molar refractivity (Wildman–Crippen MR) is 60.8 cm³/mol. The van der Waals surface area contributed by atoms with Crippen LogP contribution < -0.4 is 0 Å². The molecule has 0 amide bonds. The number of benzene rings is 1. The highest BCUT2D eigenvalue weighted by Gasteiger charge is 2.11. The summed E-state index contributed by atoms with van der Waals surface area (Å²) in [5.41, 5.74) is 3.26. The molecule has 2 aromatic rings. The summed E-state index contributed by atoms with van der Waals surface area (Å²) >= 11 is 0. The number of aromatic nitrogens is 2. The summed E-state index contributed by atoms with van der Waals surface area (Å²) in [6, 6.07) is 6.51. The number of aliphatic hydroxyl groups is 1. The average Bonchev–Trinajstić information content (AvgIpc) is 2.54. The molecule has 0 bridgehead atoms. The van der Waals surface area contributed by atoms with Crippen molar-refractivity contribution in [2.24, 2.45) is 0 Å². The molecule has 0 radical (unpaired) electrons. The zero-order valence-electron chi connectivity index (χ0n) is 9.36. The Labute approximate surface area is 89.4 Å². The number of hydrogen-bond donors (Lipinski definition) is 1. The molecule has 1 aromatic heterocycles. The minimum Gasteiger partial charge on any atom is -0.388 e. The van der Waals surface area contributed by atoms with Gasteiger partial charge in [0.25, 0.3) is 0 Å². The fourth-order valence-electron chi connectivity index (χ4n) is 1.95. The molecule has 1 N–H and O–H groups in total. The molecular formula is C12H16N2O. The normalized spacial score (nSPS) is 11.5. The van der Waals surface area contributed by atoms with Gasteiger partial charge in [-0.05, 0) is 38.5 Å². The highest BCUT2D eigenvalue weighted by Crippen LogP contribution is 2.21. The number of rotatable bonds is 2. The summed E-state index contributed by atoms with van der Waals surface area (Å²) in [5.74, 6) is 0.741. The maximum atomic E-state index is 9.25. The standard InChI is InChI=1S/C12H16N2O/c1-8(2)14-11-5-4-9(3)6-10(11)13-12(14)7-15/h4-6,8,15H,7H2,1-3H3. The first-order valence-electron chi connectivity index (χ1n) is 5.22. The first-order chi connectivity index (χ1) is 7.13. The molecule has 0 fully saturated rings. The van der Waals surface area contributed by atoms with Crippen LogP contribution in [0, 0.1) is 6.92 Å². The molecule has 0 atom stereocenters. The minimum atomic E-state index is -0.00803. The van der Waals surface area contributed by atoms with Gasteiger partial charge >= 0.3 is 0 Å². The second-order valence-corrected chi connectivity index (χ2v) is 4.14. The van der Waals surface area contributed by atoms with Crippen LogP contribution in [0.2, 0.25) is 0 Å². The van der Waals surface area contributed by atoms with Crippen molar-refractivity contribution in [1.82, 2.24) is 9.55 Å². The molecule has 15 heavy (non-hydrogen) atoms. The van der Waals surface area contributed by atoms with Crippen LogP contribution in [-0.2, 0) is 6.61 Å². The van der Waals surface area contributed by atoms with Gasteiger partial charge in [-0.1, -0.05) is 6.07 Å². The van der Waals surface area contributed by atoms with Crippen molar-refractivity contribution in [3.05, 3.63) is 29.6 Å². The first-order valence-corrected chi connectivity index (χ1v) is 5.22.